The predicted molar refractivity (Wildman–Crippen MR) is 144 cm³/mol. The maximum atomic E-state index is 13.2. The molecule has 4 rings (SSSR count). The monoisotopic (exact) mass is 501 g/mol. The molecule has 2 heterocycles. The van der Waals surface area contributed by atoms with Gasteiger partial charge in [-0.2, -0.15) is 5.21 Å². The summed E-state index contributed by atoms with van der Waals surface area (Å²) in [5.41, 5.74) is 4.05. The lowest BCUT2D eigenvalue weighted by molar-refractivity contribution is 0.00585. The fraction of sp³-hybridized carbons (Fsp3) is 0.393. The van der Waals surface area contributed by atoms with Crippen LogP contribution in [0.5, 0.6) is 0 Å². The number of carbonyl (C=O) groups is 1. The number of imidazole rings is 1. The molecule has 0 saturated carbocycles. The molecule has 0 aliphatic rings. The lowest BCUT2D eigenvalue weighted by Gasteiger charge is -2.25. The lowest BCUT2D eigenvalue weighted by Crippen LogP contribution is -2.30. The van der Waals surface area contributed by atoms with E-state index in [2.05, 4.69) is 67.8 Å². The van der Waals surface area contributed by atoms with E-state index < -0.39 is 5.60 Å². The molecule has 0 aliphatic carbocycles. The Hall–Kier alpha value is -4.01. The highest BCUT2D eigenvalue weighted by Gasteiger charge is 2.27. The number of unbranched alkanes of at least 4 members (excludes halogenated alkanes) is 1. The van der Waals surface area contributed by atoms with E-state index in [9.17, 15) is 4.79 Å². The number of esters is 1. The number of aromatic nitrogens is 6. The molecule has 0 aliphatic heterocycles. The molecule has 0 unspecified atom stereocenters. The normalized spacial score (nSPS) is 11.5. The van der Waals surface area contributed by atoms with Crippen molar-refractivity contribution in [2.45, 2.75) is 66.2 Å². The van der Waals surface area contributed by atoms with Crippen molar-refractivity contribution in [2.24, 2.45) is 0 Å². The summed E-state index contributed by atoms with van der Waals surface area (Å²) in [5.74, 6) is 0.874. The second kappa shape index (κ2) is 11.4. The fourth-order valence-electron chi connectivity index (χ4n) is 4.20. The number of anilines is 1. The average Bonchev–Trinajstić information content (AvgIpc) is 3.56. The van der Waals surface area contributed by atoms with E-state index in [0.717, 1.165) is 41.6 Å². The van der Waals surface area contributed by atoms with Crippen LogP contribution in [0.1, 0.15) is 63.5 Å². The third-order valence-corrected chi connectivity index (χ3v) is 5.98. The molecule has 9 heteroatoms. The zero-order valence-corrected chi connectivity index (χ0v) is 22.2. The van der Waals surface area contributed by atoms with Crippen LogP contribution in [0, 0.1) is 0 Å². The highest BCUT2D eigenvalue weighted by Crippen LogP contribution is 2.30. The standard InChI is InChI=1S/C28H35N7O2/c1-6-8-17-35(26-24(34(7-2)19-29-26)27(36)37-28(3,4)5)18-20-13-15-21(16-14-20)22-11-9-10-12-23(22)25-30-32-33-31-25/h9-16,19H,6-8,17-18H2,1-5H3,(H,30,31,32,33). The van der Waals surface area contributed by atoms with Crippen molar-refractivity contribution >= 4 is 11.8 Å². The summed E-state index contributed by atoms with van der Waals surface area (Å²) in [6, 6.07) is 16.4. The van der Waals surface area contributed by atoms with Crippen LogP contribution in [0.15, 0.2) is 54.9 Å². The zero-order chi connectivity index (χ0) is 26.4. The Bertz CT molecular complexity index is 1310. The lowest BCUT2D eigenvalue weighted by atomic mass is 9.98. The second-order valence-corrected chi connectivity index (χ2v) is 9.96. The highest BCUT2D eigenvalue weighted by atomic mass is 16.6. The molecule has 4 aromatic rings. The Balaban J connectivity index is 1.62. The van der Waals surface area contributed by atoms with Gasteiger partial charge < -0.3 is 14.2 Å². The number of aromatic amines is 1. The molecule has 194 valence electrons. The van der Waals surface area contributed by atoms with E-state index in [-0.39, 0.29) is 5.97 Å². The van der Waals surface area contributed by atoms with Crippen molar-refractivity contribution in [3.05, 3.63) is 66.1 Å². The quantitative estimate of drug-likeness (QED) is 0.286. The number of nitrogens with one attached hydrogen (secondary N) is 1. The number of hydrogen-bond acceptors (Lipinski definition) is 7. The summed E-state index contributed by atoms with van der Waals surface area (Å²) in [4.78, 5) is 20.0. The molecule has 0 fully saturated rings. The van der Waals surface area contributed by atoms with Crippen LogP contribution < -0.4 is 4.90 Å². The largest absolute Gasteiger partial charge is 0.455 e. The summed E-state index contributed by atoms with van der Waals surface area (Å²) in [6.45, 7) is 11.9. The molecule has 9 nitrogen and oxygen atoms in total. The zero-order valence-electron chi connectivity index (χ0n) is 22.2. The molecular formula is C28H35N7O2. The Labute approximate surface area is 217 Å². The van der Waals surface area contributed by atoms with Crippen LogP contribution in [-0.2, 0) is 17.8 Å². The molecule has 0 atom stereocenters. The first-order valence-electron chi connectivity index (χ1n) is 12.8. The van der Waals surface area contributed by atoms with Crippen molar-refractivity contribution in [3.63, 3.8) is 0 Å². The summed E-state index contributed by atoms with van der Waals surface area (Å²) in [5, 5.41) is 14.5. The number of ether oxygens (including phenoxy) is 1. The molecule has 1 N–H and O–H groups in total. The van der Waals surface area contributed by atoms with E-state index in [1.165, 1.54) is 0 Å². The molecule has 0 bridgehead atoms. The number of tetrazole rings is 1. The van der Waals surface area contributed by atoms with Crippen molar-refractivity contribution in [2.75, 3.05) is 11.4 Å². The Kier molecular flexibility index (Phi) is 8.01. The topological polar surface area (TPSA) is 102 Å². The van der Waals surface area contributed by atoms with Crippen LogP contribution in [0.2, 0.25) is 0 Å². The molecule has 0 saturated heterocycles. The summed E-state index contributed by atoms with van der Waals surface area (Å²) >= 11 is 0. The first-order valence-corrected chi connectivity index (χ1v) is 12.8. The minimum absolute atomic E-state index is 0.350. The maximum absolute atomic E-state index is 13.2. The number of nitrogens with zero attached hydrogens (tertiary/aromatic N) is 6. The van der Waals surface area contributed by atoms with Crippen molar-refractivity contribution in [1.82, 2.24) is 30.2 Å². The van der Waals surface area contributed by atoms with Gasteiger partial charge in [-0.15, -0.1) is 10.2 Å². The first kappa shape index (κ1) is 26.1. The van der Waals surface area contributed by atoms with Gasteiger partial charge in [-0.25, -0.2) is 9.78 Å². The van der Waals surface area contributed by atoms with Gasteiger partial charge in [0.15, 0.2) is 11.5 Å². The van der Waals surface area contributed by atoms with Crippen LogP contribution in [-0.4, -0.2) is 48.3 Å². The minimum atomic E-state index is -0.584. The van der Waals surface area contributed by atoms with E-state index in [4.69, 9.17) is 4.74 Å². The third-order valence-electron chi connectivity index (χ3n) is 5.98. The maximum Gasteiger partial charge on any atom is 0.359 e. The van der Waals surface area contributed by atoms with Gasteiger partial charge in [0.05, 0.1) is 6.33 Å². The molecule has 2 aromatic heterocycles. The van der Waals surface area contributed by atoms with Gasteiger partial charge in [0.1, 0.15) is 5.60 Å². The van der Waals surface area contributed by atoms with E-state index >= 15 is 0 Å². The van der Waals surface area contributed by atoms with Crippen LogP contribution in [0.25, 0.3) is 22.5 Å². The smallest absolute Gasteiger partial charge is 0.359 e. The van der Waals surface area contributed by atoms with Gasteiger partial charge >= 0.3 is 5.97 Å². The third kappa shape index (κ3) is 6.22. The van der Waals surface area contributed by atoms with Crippen molar-refractivity contribution in [3.8, 4) is 22.5 Å². The summed E-state index contributed by atoms with van der Waals surface area (Å²) < 4.78 is 7.59. The van der Waals surface area contributed by atoms with E-state index in [0.29, 0.717) is 30.4 Å². The first-order chi connectivity index (χ1) is 17.8. The second-order valence-electron chi connectivity index (χ2n) is 9.96. The van der Waals surface area contributed by atoms with E-state index in [1.807, 2.05) is 50.5 Å². The Morgan fingerprint density at radius 3 is 2.41 bits per heavy atom. The average molecular weight is 502 g/mol. The Morgan fingerprint density at radius 1 is 1.05 bits per heavy atom. The highest BCUT2D eigenvalue weighted by molar-refractivity contribution is 5.93. The number of carbonyl (C=O) groups excluding carboxylic acids is 1. The number of hydrogen-bond donors (Lipinski definition) is 1. The molecule has 37 heavy (non-hydrogen) atoms. The molecular weight excluding hydrogens is 466 g/mol. The van der Waals surface area contributed by atoms with E-state index in [1.54, 1.807) is 6.33 Å². The molecule has 0 spiro atoms. The van der Waals surface area contributed by atoms with Crippen LogP contribution in [0.4, 0.5) is 5.82 Å². The summed E-state index contributed by atoms with van der Waals surface area (Å²) in [7, 11) is 0. The summed E-state index contributed by atoms with van der Waals surface area (Å²) in [6.07, 6.45) is 3.76. The fourth-order valence-corrected chi connectivity index (χ4v) is 4.20. The SMILES string of the molecule is CCCCN(Cc1ccc(-c2ccccc2-c2nn[nH]n2)cc1)c1ncn(CC)c1C(=O)OC(C)(C)C. The molecule has 0 amide bonds. The van der Waals surface area contributed by atoms with Gasteiger partial charge in [-0.05, 0) is 56.0 Å². The number of rotatable bonds is 10. The van der Waals surface area contributed by atoms with Gasteiger partial charge in [0.25, 0.3) is 0 Å². The molecule has 2 aromatic carbocycles. The van der Waals surface area contributed by atoms with Crippen LogP contribution >= 0.6 is 0 Å². The number of benzene rings is 2. The van der Waals surface area contributed by atoms with Gasteiger partial charge in [0, 0.05) is 25.2 Å². The number of H-pyrrole nitrogens is 1. The minimum Gasteiger partial charge on any atom is -0.455 e. The van der Waals surface area contributed by atoms with Gasteiger partial charge in [-0.3, -0.25) is 0 Å². The van der Waals surface area contributed by atoms with Gasteiger partial charge in [-0.1, -0.05) is 61.9 Å². The number of aryl methyl sites for hydroxylation is 1. The van der Waals surface area contributed by atoms with Crippen molar-refractivity contribution in [1.29, 1.82) is 0 Å². The van der Waals surface area contributed by atoms with Gasteiger partial charge in [0.2, 0.25) is 5.82 Å². The van der Waals surface area contributed by atoms with Crippen LogP contribution in [0.3, 0.4) is 0 Å². The van der Waals surface area contributed by atoms with Crippen molar-refractivity contribution < 1.29 is 9.53 Å². The Morgan fingerprint density at radius 2 is 1.78 bits per heavy atom. The predicted octanol–water partition coefficient (Wildman–Crippen LogP) is 5.51. The molecule has 0 radical (unpaired) electrons.